The number of nitrogens with zero attached hydrogens (tertiary/aromatic N) is 1. The number of rotatable bonds is 5. The molecule has 1 aliphatic rings. The van der Waals surface area contributed by atoms with Gasteiger partial charge >= 0.3 is 5.97 Å². The van der Waals surface area contributed by atoms with Crippen molar-refractivity contribution >= 4 is 5.97 Å². The Balaban J connectivity index is 1.79. The van der Waals surface area contributed by atoms with Crippen LogP contribution in [0.5, 0.6) is 11.5 Å². The Morgan fingerprint density at radius 3 is 2.50 bits per heavy atom. The molecule has 18 heavy (non-hydrogen) atoms. The minimum atomic E-state index is -0.258. The zero-order valence-corrected chi connectivity index (χ0v) is 10.5. The van der Waals surface area contributed by atoms with Gasteiger partial charge in [0.2, 0.25) is 0 Å². The third-order valence-electron chi connectivity index (χ3n) is 2.70. The van der Waals surface area contributed by atoms with Crippen molar-refractivity contribution in [1.29, 1.82) is 0 Å². The minimum absolute atomic E-state index is 0.197. The first-order valence-corrected chi connectivity index (χ1v) is 6.09. The van der Waals surface area contributed by atoms with Gasteiger partial charge in [-0.2, -0.15) is 0 Å². The van der Waals surface area contributed by atoms with Crippen molar-refractivity contribution in [2.45, 2.75) is 13.0 Å². The number of carbonyl (C=O) groups excluding carboxylic acids is 1. The van der Waals surface area contributed by atoms with Crippen LogP contribution in [0, 0.1) is 0 Å². The first-order valence-electron chi connectivity index (χ1n) is 6.09. The Hall–Kier alpha value is -1.59. The summed E-state index contributed by atoms with van der Waals surface area (Å²) in [6.45, 7) is 4.36. The van der Waals surface area contributed by atoms with Gasteiger partial charge in [0.1, 0.15) is 11.5 Å². The molecule has 0 spiro atoms. The molecule has 0 radical (unpaired) electrons. The van der Waals surface area contributed by atoms with Crippen molar-refractivity contribution in [3.63, 3.8) is 0 Å². The van der Waals surface area contributed by atoms with E-state index in [0.717, 1.165) is 18.8 Å². The molecule has 1 aromatic rings. The lowest BCUT2D eigenvalue weighted by atomic mass is 10.1. The fraction of sp³-hybridized carbons (Fsp3) is 0.462. The summed E-state index contributed by atoms with van der Waals surface area (Å²) in [5, 5.41) is 0. The lowest BCUT2D eigenvalue weighted by molar-refractivity contribution is -0.136. The van der Waals surface area contributed by atoms with Crippen molar-refractivity contribution in [3.8, 4) is 11.5 Å². The zero-order valence-electron chi connectivity index (χ0n) is 10.5. The predicted octanol–water partition coefficient (Wildman–Crippen LogP) is 0.634. The highest BCUT2D eigenvalue weighted by Gasteiger charge is 2.25. The van der Waals surface area contributed by atoms with Crippen LogP contribution in [0.25, 0.3) is 0 Å². The van der Waals surface area contributed by atoms with E-state index >= 15 is 0 Å². The van der Waals surface area contributed by atoms with Gasteiger partial charge in [0.15, 0.2) is 0 Å². The molecule has 0 amide bonds. The average molecular weight is 250 g/mol. The maximum absolute atomic E-state index is 11.6. The summed E-state index contributed by atoms with van der Waals surface area (Å²) >= 11 is 0. The average Bonchev–Trinajstić information content (AvgIpc) is 2.30. The second-order valence-electron chi connectivity index (χ2n) is 4.33. The molecule has 2 rings (SSSR count). The van der Waals surface area contributed by atoms with Gasteiger partial charge in [0, 0.05) is 19.1 Å². The van der Waals surface area contributed by atoms with Crippen LogP contribution in [0.15, 0.2) is 24.3 Å². The Bertz CT molecular complexity index is 399. The maximum Gasteiger partial charge on any atom is 0.325 e. The highest BCUT2D eigenvalue weighted by molar-refractivity contribution is 5.74. The normalized spacial score (nSPS) is 16.1. The Morgan fingerprint density at radius 2 is 1.94 bits per heavy atom. The second kappa shape index (κ2) is 5.84. The van der Waals surface area contributed by atoms with Gasteiger partial charge in [-0.05, 0) is 31.2 Å². The van der Waals surface area contributed by atoms with Crippen LogP contribution in [0.1, 0.15) is 6.92 Å². The Labute approximate surface area is 106 Å². The molecule has 0 aromatic heterocycles. The summed E-state index contributed by atoms with van der Waals surface area (Å²) in [5.74, 6) is 1.05. The topological polar surface area (TPSA) is 64.8 Å². The van der Waals surface area contributed by atoms with Crippen LogP contribution in [0.4, 0.5) is 0 Å². The predicted molar refractivity (Wildman–Crippen MR) is 67.7 cm³/mol. The molecule has 0 atom stereocenters. The third kappa shape index (κ3) is 3.45. The number of likely N-dealkylation sites (tertiary alicyclic amines) is 1. The van der Waals surface area contributed by atoms with Crippen LogP contribution in [-0.4, -0.2) is 43.2 Å². The third-order valence-corrected chi connectivity index (χ3v) is 2.70. The fourth-order valence-corrected chi connectivity index (χ4v) is 1.86. The summed E-state index contributed by atoms with van der Waals surface area (Å²) in [5.41, 5.74) is 5.63. The molecule has 0 unspecified atom stereocenters. The molecule has 1 heterocycles. The van der Waals surface area contributed by atoms with E-state index < -0.39 is 0 Å². The molecule has 5 nitrogen and oxygen atoms in total. The van der Waals surface area contributed by atoms with E-state index in [1.165, 1.54) is 0 Å². The monoisotopic (exact) mass is 250 g/mol. The number of esters is 1. The van der Waals surface area contributed by atoms with Gasteiger partial charge in [-0.25, -0.2) is 0 Å². The molecule has 1 aromatic carbocycles. The first-order chi connectivity index (χ1) is 8.67. The molecule has 1 fully saturated rings. The van der Waals surface area contributed by atoms with Crippen LogP contribution in [-0.2, 0) is 4.79 Å². The molecule has 0 saturated carbocycles. The molecular formula is C13H18N2O3. The summed E-state index contributed by atoms with van der Waals surface area (Å²) in [7, 11) is 0. The molecule has 0 aliphatic carbocycles. The van der Waals surface area contributed by atoms with E-state index in [2.05, 4.69) is 0 Å². The molecule has 1 aliphatic heterocycles. The van der Waals surface area contributed by atoms with E-state index in [0.29, 0.717) is 18.9 Å². The van der Waals surface area contributed by atoms with Gasteiger partial charge in [0.05, 0.1) is 13.2 Å². The number of nitrogens with two attached hydrogens (primary N) is 1. The quantitative estimate of drug-likeness (QED) is 0.613. The molecule has 98 valence electrons. The van der Waals surface area contributed by atoms with Crippen molar-refractivity contribution < 1.29 is 14.3 Å². The van der Waals surface area contributed by atoms with Crippen LogP contribution in [0.2, 0.25) is 0 Å². The van der Waals surface area contributed by atoms with Gasteiger partial charge in [0.25, 0.3) is 0 Å². The minimum Gasteiger partial charge on any atom is -0.494 e. The maximum atomic E-state index is 11.6. The van der Waals surface area contributed by atoms with E-state index in [-0.39, 0.29) is 12.0 Å². The standard InChI is InChI=1S/C13H18N2O3/c1-2-17-11-3-5-12(6-4-11)18-13(16)9-15-7-10(14)8-15/h3-6,10H,2,7-9,14H2,1H3. The van der Waals surface area contributed by atoms with Gasteiger partial charge in [-0.3, -0.25) is 9.69 Å². The molecule has 0 bridgehead atoms. The van der Waals surface area contributed by atoms with Gasteiger partial charge < -0.3 is 15.2 Å². The smallest absolute Gasteiger partial charge is 0.325 e. The Kier molecular flexibility index (Phi) is 4.17. The fourth-order valence-electron chi connectivity index (χ4n) is 1.86. The first kappa shape index (κ1) is 12.9. The molecule has 2 N–H and O–H groups in total. The molecular weight excluding hydrogens is 232 g/mol. The van der Waals surface area contributed by atoms with E-state index in [1.807, 2.05) is 11.8 Å². The van der Waals surface area contributed by atoms with Crippen molar-refractivity contribution in [3.05, 3.63) is 24.3 Å². The SMILES string of the molecule is CCOc1ccc(OC(=O)CN2CC(N)C2)cc1. The molecule has 1 saturated heterocycles. The van der Waals surface area contributed by atoms with Crippen molar-refractivity contribution in [1.82, 2.24) is 4.90 Å². The number of hydrogen-bond donors (Lipinski definition) is 1. The number of benzene rings is 1. The number of hydrogen-bond acceptors (Lipinski definition) is 5. The lowest BCUT2D eigenvalue weighted by Crippen LogP contribution is -2.57. The summed E-state index contributed by atoms with van der Waals surface area (Å²) in [4.78, 5) is 13.6. The summed E-state index contributed by atoms with van der Waals surface area (Å²) in [6.07, 6.45) is 0. The lowest BCUT2D eigenvalue weighted by Gasteiger charge is -2.35. The number of ether oxygens (including phenoxy) is 2. The highest BCUT2D eigenvalue weighted by Crippen LogP contribution is 2.18. The van der Waals surface area contributed by atoms with E-state index in [4.69, 9.17) is 15.2 Å². The number of carbonyl (C=O) groups is 1. The van der Waals surface area contributed by atoms with Gasteiger partial charge in [-0.1, -0.05) is 0 Å². The van der Waals surface area contributed by atoms with Crippen molar-refractivity contribution in [2.24, 2.45) is 5.73 Å². The Morgan fingerprint density at radius 1 is 1.33 bits per heavy atom. The summed E-state index contributed by atoms with van der Waals surface area (Å²) < 4.78 is 10.5. The van der Waals surface area contributed by atoms with Crippen molar-refractivity contribution in [2.75, 3.05) is 26.2 Å². The van der Waals surface area contributed by atoms with Crippen LogP contribution in [0.3, 0.4) is 0 Å². The van der Waals surface area contributed by atoms with E-state index in [1.54, 1.807) is 24.3 Å². The second-order valence-corrected chi connectivity index (χ2v) is 4.33. The largest absolute Gasteiger partial charge is 0.494 e. The van der Waals surface area contributed by atoms with E-state index in [9.17, 15) is 4.79 Å². The van der Waals surface area contributed by atoms with Gasteiger partial charge in [-0.15, -0.1) is 0 Å². The molecule has 5 heteroatoms. The van der Waals surface area contributed by atoms with Crippen LogP contribution >= 0.6 is 0 Å². The van der Waals surface area contributed by atoms with Crippen LogP contribution < -0.4 is 15.2 Å². The zero-order chi connectivity index (χ0) is 13.0. The summed E-state index contributed by atoms with van der Waals surface area (Å²) in [6, 6.07) is 7.22. The highest BCUT2D eigenvalue weighted by atomic mass is 16.5.